The highest BCUT2D eigenvalue weighted by Crippen LogP contribution is 2.37. The van der Waals surface area contributed by atoms with Crippen LogP contribution in [0, 0.1) is 12.8 Å². The third-order valence-corrected chi connectivity index (χ3v) is 6.87. The van der Waals surface area contributed by atoms with Crippen LogP contribution in [0.3, 0.4) is 0 Å². The zero-order valence-electron chi connectivity index (χ0n) is 20.3. The maximum Gasteiger partial charge on any atom is 0.391 e. The van der Waals surface area contributed by atoms with E-state index >= 15 is 0 Å². The number of anilines is 3. The number of hydrogen-bond acceptors (Lipinski definition) is 8. The summed E-state index contributed by atoms with van der Waals surface area (Å²) in [6.07, 6.45) is 0.617. The number of halogens is 3. The van der Waals surface area contributed by atoms with Crippen LogP contribution in [0.15, 0.2) is 30.7 Å². The van der Waals surface area contributed by atoms with E-state index in [1.807, 2.05) is 6.92 Å². The number of ether oxygens (including phenoxy) is 1. The lowest BCUT2D eigenvalue weighted by Gasteiger charge is -2.31. The Bertz CT molecular complexity index is 1280. The average molecular weight is 516 g/mol. The summed E-state index contributed by atoms with van der Waals surface area (Å²) in [5, 5.41) is 9.28. The van der Waals surface area contributed by atoms with Crippen molar-refractivity contribution in [3.05, 3.63) is 41.9 Å². The standard InChI is InChI=1S/C25H28F3N7O2/c1-14-5-6-15(23(36)32-17-4-2-3-16(10-17)25(26,27)28)9-19(14)34-22-21-20(30-13-31-22)11-29-24(35-21)33-18-7-8-37-12-18/h5-6,9,11,13,16-18H,2-4,7-8,10,12H2,1H3,(H,32,36)(H,29,33,35)(H,30,31,34). The predicted octanol–water partition coefficient (Wildman–Crippen LogP) is 4.52. The van der Waals surface area contributed by atoms with Crippen LogP contribution in [0.5, 0.6) is 0 Å². The smallest absolute Gasteiger partial charge is 0.379 e. The number of benzene rings is 1. The van der Waals surface area contributed by atoms with Gasteiger partial charge in [0.1, 0.15) is 17.4 Å². The molecule has 5 rings (SSSR count). The fourth-order valence-electron chi connectivity index (χ4n) is 4.76. The van der Waals surface area contributed by atoms with E-state index in [2.05, 4.69) is 35.9 Å². The molecular formula is C25H28F3N7O2. The Hall–Kier alpha value is -3.54. The summed E-state index contributed by atoms with van der Waals surface area (Å²) in [7, 11) is 0. The van der Waals surface area contributed by atoms with Gasteiger partial charge in [0.05, 0.1) is 24.8 Å². The number of carbonyl (C=O) groups excluding carboxylic acids is 1. The van der Waals surface area contributed by atoms with Crippen molar-refractivity contribution < 1.29 is 22.7 Å². The summed E-state index contributed by atoms with van der Waals surface area (Å²) in [6, 6.07) is 4.73. The van der Waals surface area contributed by atoms with E-state index in [9.17, 15) is 18.0 Å². The number of hydrogen-bond donors (Lipinski definition) is 3. The molecule has 3 aromatic rings. The molecule has 12 heteroatoms. The Labute approximate surface area is 211 Å². The molecule has 3 unspecified atom stereocenters. The quantitative estimate of drug-likeness (QED) is 0.439. The lowest BCUT2D eigenvalue weighted by atomic mass is 9.85. The molecule has 0 radical (unpaired) electrons. The molecule has 37 heavy (non-hydrogen) atoms. The Kier molecular flexibility index (Phi) is 7.09. The van der Waals surface area contributed by atoms with Crippen molar-refractivity contribution in [3.8, 4) is 0 Å². The molecule has 3 atom stereocenters. The molecule has 1 aromatic carbocycles. The molecule has 1 saturated carbocycles. The Morgan fingerprint density at radius 2 is 1.97 bits per heavy atom. The molecule has 9 nitrogen and oxygen atoms in total. The Morgan fingerprint density at radius 1 is 1.11 bits per heavy atom. The molecular weight excluding hydrogens is 487 g/mol. The maximum atomic E-state index is 13.2. The van der Waals surface area contributed by atoms with Gasteiger partial charge in [-0.15, -0.1) is 0 Å². The highest BCUT2D eigenvalue weighted by Gasteiger charge is 2.42. The minimum absolute atomic E-state index is 0.0951. The van der Waals surface area contributed by atoms with Gasteiger partial charge in [0.2, 0.25) is 5.95 Å². The number of aromatic nitrogens is 4. The van der Waals surface area contributed by atoms with Crippen molar-refractivity contribution in [2.24, 2.45) is 5.92 Å². The molecule has 2 aromatic heterocycles. The fraction of sp³-hybridized carbons (Fsp3) is 0.480. The monoisotopic (exact) mass is 515 g/mol. The van der Waals surface area contributed by atoms with Gasteiger partial charge in [0.15, 0.2) is 5.82 Å². The van der Waals surface area contributed by atoms with Gasteiger partial charge >= 0.3 is 6.18 Å². The largest absolute Gasteiger partial charge is 0.391 e. The summed E-state index contributed by atoms with van der Waals surface area (Å²) in [6.45, 7) is 3.15. The first kappa shape index (κ1) is 25.1. The summed E-state index contributed by atoms with van der Waals surface area (Å²) < 4.78 is 44.9. The predicted molar refractivity (Wildman–Crippen MR) is 132 cm³/mol. The van der Waals surface area contributed by atoms with Crippen LogP contribution in [0.25, 0.3) is 11.0 Å². The van der Waals surface area contributed by atoms with Gasteiger partial charge in [0.25, 0.3) is 5.91 Å². The van der Waals surface area contributed by atoms with E-state index < -0.39 is 24.0 Å². The minimum atomic E-state index is -4.24. The zero-order chi connectivity index (χ0) is 26.0. The number of carbonyl (C=O) groups is 1. The summed E-state index contributed by atoms with van der Waals surface area (Å²) >= 11 is 0. The number of fused-ring (bicyclic) bond motifs is 1. The van der Waals surface area contributed by atoms with E-state index in [1.54, 1.807) is 24.4 Å². The first-order chi connectivity index (χ1) is 17.8. The van der Waals surface area contributed by atoms with Gasteiger partial charge in [-0.05, 0) is 50.3 Å². The SMILES string of the molecule is Cc1ccc(C(=O)NC2CCCC(C(F)(F)F)C2)cc1Nc1ncnc2cnc(NC3CCOC3)nc12. The molecule has 3 N–H and O–H groups in total. The zero-order valence-corrected chi connectivity index (χ0v) is 20.3. The first-order valence-corrected chi connectivity index (χ1v) is 12.3. The molecule has 0 spiro atoms. The van der Waals surface area contributed by atoms with Crippen LogP contribution in [0.1, 0.15) is 48.0 Å². The van der Waals surface area contributed by atoms with E-state index in [-0.39, 0.29) is 18.9 Å². The molecule has 196 valence electrons. The summed E-state index contributed by atoms with van der Waals surface area (Å²) in [5.74, 6) is -0.902. The van der Waals surface area contributed by atoms with Crippen molar-refractivity contribution in [2.75, 3.05) is 23.8 Å². The number of nitrogens with one attached hydrogen (secondary N) is 3. The Morgan fingerprint density at radius 3 is 2.76 bits per heavy atom. The van der Waals surface area contributed by atoms with Crippen molar-refractivity contribution in [1.29, 1.82) is 0 Å². The Balaban J connectivity index is 1.33. The number of amides is 1. The molecule has 0 bridgehead atoms. The molecule has 2 aliphatic rings. The van der Waals surface area contributed by atoms with Gasteiger partial charge in [0, 0.05) is 23.9 Å². The maximum absolute atomic E-state index is 13.2. The van der Waals surface area contributed by atoms with Crippen LogP contribution in [0.4, 0.5) is 30.6 Å². The molecule has 2 fully saturated rings. The minimum Gasteiger partial charge on any atom is -0.379 e. The molecule has 1 amide bonds. The van der Waals surface area contributed by atoms with Crippen LogP contribution in [-0.2, 0) is 4.74 Å². The second kappa shape index (κ2) is 10.4. The van der Waals surface area contributed by atoms with E-state index in [0.717, 1.165) is 12.0 Å². The van der Waals surface area contributed by atoms with Gasteiger partial charge in [-0.25, -0.2) is 19.9 Å². The van der Waals surface area contributed by atoms with Crippen molar-refractivity contribution >= 4 is 34.4 Å². The van der Waals surface area contributed by atoms with Crippen LogP contribution in [-0.4, -0.2) is 57.3 Å². The van der Waals surface area contributed by atoms with Gasteiger partial charge in [-0.2, -0.15) is 13.2 Å². The van der Waals surface area contributed by atoms with E-state index in [0.29, 0.717) is 60.1 Å². The fourth-order valence-corrected chi connectivity index (χ4v) is 4.76. The molecule has 3 heterocycles. The lowest BCUT2D eigenvalue weighted by Crippen LogP contribution is -2.41. The number of rotatable bonds is 6. The second-order valence-corrected chi connectivity index (χ2v) is 9.58. The average Bonchev–Trinajstić information content (AvgIpc) is 3.38. The highest BCUT2D eigenvalue weighted by molar-refractivity contribution is 5.96. The lowest BCUT2D eigenvalue weighted by molar-refractivity contribution is -0.183. The number of nitrogens with zero attached hydrogens (tertiary/aromatic N) is 4. The van der Waals surface area contributed by atoms with Gasteiger partial charge < -0.3 is 20.7 Å². The van der Waals surface area contributed by atoms with Crippen molar-refractivity contribution in [2.45, 2.75) is 57.3 Å². The molecule has 1 saturated heterocycles. The van der Waals surface area contributed by atoms with E-state index in [1.165, 1.54) is 6.33 Å². The number of alkyl halides is 3. The number of aryl methyl sites for hydroxylation is 1. The summed E-state index contributed by atoms with van der Waals surface area (Å²) in [5.41, 5.74) is 2.89. The normalized spacial score (nSPS) is 22.1. The van der Waals surface area contributed by atoms with E-state index in [4.69, 9.17) is 4.74 Å². The van der Waals surface area contributed by atoms with Crippen molar-refractivity contribution in [1.82, 2.24) is 25.3 Å². The molecule has 1 aliphatic carbocycles. The van der Waals surface area contributed by atoms with Gasteiger partial charge in [-0.3, -0.25) is 4.79 Å². The molecule has 1 aliphatic heterocycles. The van der Waals surface area contributed by atoms with Crippen LogP contribution >= 0.6 is 0 Å². The highest BCUT2D eigenvalue weighted by atomic mass is 19.4. The third kappa shape index (κ3) is 5.90. The van der Waals surface area contributed by atoms with Crippen LogP contribution in [0.2, 0.25) is 0 Å². The van der Waals surface area contributed by atoms with Crippen LogP contribution < -0.4 is 16.0 Å². The summed E-state index contributed by atoms with van der Waals surface area (Å²) in [4.78, 5) is 30.4. The van der Waals surface area contributed by atoms with Gasteiger partial charge in [-0.1, -0.05) is 12.5 Å². The topological polar surface area (TPSA) is 114 Å². The first-order valence-electron chi connectivity index (χ1n) is 12.3. The second-order valence-electron chi connectivity index (χ2n) is 9.58. The third-order valence-electron chi connectivity index (χ3n) is 6.87. The van der Waals surface area contributed by atoms with Crippen molar-refractivity contribution in [3.63, 3.8) is 0 Å².